The first-order valence-corrected chi connectivity index (χ1v) is 11.9. The molecule has 1 amide bonds. The van der Waals surface area contributed by atoms with Gasteiger partial charge in [-0.2, -0.15) is 0 Å². The topological polar surface area (TPSA) is 41.1 Å². The second-order valence-corrected chi connectivity index (χ2v) is 10.0. The molecule has 3 aliphatic rings. The van der Waals surface area contributed by atoms with Gasteiger partial charge in [0, 0.05) is 16.9 Å². The molecule has 5 atom stereocenters. The van der Waals surface area contributed by atoms with Gasteiger partial charge >= 0.3 is 0 Å². The van der Waals surface area contributed by atoms with Crippen LogP contribution >= 0.6 is 0 Å². The summed E-state index contributed by atoms with van der Waals surface area (Å²) >= 11 is 0. The minimum absolute atomic E-state index is 0.0219. The second-order valence-electron chi connectivity index (χ2n) is 10.0. The highest BCUT2D eigenvalue weighted by molar-refractivity contribution is 6.05. The Labute approximate surface area is 190 Å². The zero-order valence-corrected chi connectivity index (χ0v) is 18.8. The van der Waals surface area contributed by atoms with E-state index in [2.05, 4.69) is 72.2 Å². The zero-order chi connectivity index (χ0) is 21.8. The third-order valence-electron chi connectivity index (χ3n) is 8.15. The molecule has 0 saturated heterocycles. The smallest absolute Gasteiger partial charge is 0.255 e. The summed E-state index contributed by atoms with van der Waals surface area (Å²) in [7, 11) is 0. The third-order valence-corrected chi connectivity index (χ3v) is 8.15. The van der Waals surface area contributed by atoms with Crippen LogP contribution in [-0.2, 0) is 0 Å². The van der Waals surface area contributed by atoms with E-state index in [-0.39, 0.29) is 5.91 Å². The fourth-order valence-corrected chi connectivity index (χ4v) is 6.68. The van der Waals surface area contributed by atoms with Gasteiger partial charge in [-0.1, -0.05) is 42.5 Å². The molecule has 3 heteroatoms. The predicted molar refractivity (Wildman–Crippen MR) is 130 cm³/mol. The van der Waals surface area contributed by atoms with E-state index >= 15 is 0 Å². The summed E-state index contributed by atoms with van der Waals surface area (Å²) in [6.45, 7) is 4.09. The molecule has 1 heterocycles. The summed E-state index contributed by atoms with van der Waals surface area (Å²) in [6, 6.07) is 23.7. The first kappa shape index (κ1) is 19.6. The Balaban J connectivity index is 1.35. The molecule has 0 spiro atoms. The number of carbonyl (C=O) groups excluding carboxylic acids is 1. The van der Waals surface area contributed by atoms with Gasteiger partial charge in [0.1, 0.15) is 0 Å². The van der Waals surface area contributed by atoms with E-state index in [1.54, 1.807) is 0 Å². The number of aryl methyl sites for hydroxylation is 2. The first-order chi connectivity index (χ1) is 15.6. The predicted octanol–water partition coefficient (Wildman–Crippen LogP) is 6.85. The maximum absolute atomic E-state index is 13.2. The Morgan fingerprint density at radius 3 is 2.59 bits per heavy atom. The van der Waals surface area contributed by atoms with Crippen LogP contribution < -0.4 is 10.6 Å². The second kappa shape index (κ2) is 7.51. The largest absolute Gasteiger partial charge is 0.378 e. The van der Waals surface area contributed by atoms with E-state index in [4.69, 9.17) is 0 Å². The van der Waals surface area contributed by atoms with E-state index in [0.717, 1.165) is 34.2 Å². The van der Waals surface area contributed by atoms with Crippen molar-refractivity contribution in [3.63, 3.8) is 0 Å². The lowest BCUT2D eigenvalue weighted by atomic mass is 9.68. The molecule has 3 nitrogen and oxygen atoms in total. The molecule has 1 aliphatic heterocycles. The van der Waals surface area contributed by atoms with Gasteiger partial charge in [0.15, 0.2) is 0 Å². The van der Waals surface area contributed by atoms with E-state index in [1.807, 2.05) is 19.1 Å². The fourth-order valence-electron chi connectivity index (χ4n) is 6.68. The minimum atomic E-state index is -0.0219. The van der Waals surface area contributed by atoms with Gasteiger partial charge in [-0.05, 0) is 103 Å². The summed E-state index contributed by atoms with van der Waals surface area (Å²) in [5.41, 5.74) is 7.83. The van der Waals surface area contributed by atoms with Crippen molar-refractivity contribution in [2.45, 2.75) is 45.1 Å². The van der Waals surface area contributed by atoms with Crippen LogP contribution in [0.2, 0.25) is 0 Å². The van der Waals surface area contributed by atoms with Gasteiger partial charge < -0.3 is 10.6 Å². The van der Waals surface area contributed by atoms with Gasteiger partial charge in [-0.15, -0.1) is 0 Å². The average molecular weight is 423 g/mol. The van der Waals surface area contributed by atoms with E-state index in [0.29, 0.717) is 17.9 Å². The maximum Gasteiger partial charge on any atom is 0.255 e. The van der Waals surface area contributed by atoms with Crippen molar-refractivity contribution < 1.29 is 4.79 Å². The molecule has 2 saturated carbocycles. The number of rotatable bonds is 3. The monoisotopic (exact) mass is 422 g/mol. The number of hydrogen-bond acceptors (Lipinski definition) is 2. The molecule has 3 aromatic carbocycles. The highest BCUT2D eigenvalue weighted by atomic mass is 16.1. The van der Waals surface area contributed by atoms with E-state index < -0.39 is 0 Å². The Bertz CT molecular complexity index is 1190. The van der Waals surface area contributed by atoms with Crippen molar-refractivity contribution >= 4 is 17.3 Å². The van der Waals surface area contributed by atoms with Crippen LogP contribution in [0, 0.1) is 31.6 Å². The molecule has 6 rings (SSSR count). The summed E-state index contributed by atoms with van der Waals surface area (Å²) in [5, 5.41) is 7.01. The number of carbonyl (C=O) groups is 1. The van der Waals surface area contributed by atoms with Crippen LogP contribution in [-0.4, -0.2) is 5.91 Å². The minimum Gasteiger partial charge on any atom is -0.378 e. The van der Waals surface area contributed by atoms with Crippen LogP contribution in [0.3, 0.4) is 0 Å². The summed E-state index contributed by atoms with van der Waals surface area (Å²) in [5.74, 6) is 2.66. The van der Waals surface area contributed by atoms with Crippen molar-refractivity contribution in [3.05, 3.63) is 94.5 Å². The maximum atomic E-state index is 13.2. The van der Waals surface area contributed by atoms with Gasteiger partial charge in [0.25, 0.3) is 5.91 Å². The van der Waals surface area contributed by atoms with Gasteiger partial charge in [-0.25, -0.2) is 0 Å². The normalized spacial score (nSPS) is 27.4. The molecule has 2 aliphatic carbocycles. The Hall–Kier alpha value is -3.07. The van der Waals surface area contributed by atoms with Crippen LogP contribution in [0.25, 0.3) is 0 Å². The summed E-state index contributed by atoms with van der Waals surface area (Å²) in [4.78, 5) is 13.2. The number of amides is 1. The summed E-state index contributed by atoms with van der Waals surface area (Å²) < 4.78 is 0. The molecule has 2 bridgehead atoms. The van der Waals surface area contributed by atoms with Crippen molar-refractivity contribution in [1.29, 1.82) is 0 Å². The lowest BCUT2D eigenvalue weighted by molar-refractivity contribution is 0.102. The molecule has 32 heavy (non-hydrogen) atoms. The molecule has 2 N–H and O–H groups in total. The Morgan fingerprint density at radius 1 is 0.938 bits per heavy atom. The molecular weight excluding hydrogens is 392 g/mol. The summed E-state index contributed by atoms with van der Waals surface area (Å²) in [6.07, 6.45) is 4.00. The number of nitrogens with one attached hydrogen (secondary N) is 2. The van der Waals surface area contributed by atoms with Crippen LogP contribution in [0.4, 0.5) is 11.4 Å². The van der Waals surface area contributed by atoms with Crippen LogP contribution in [0.5, 0.6) is 0 Å². The van der Waals surface area contributed by atoms with Gasteiger partial charge in [0.2, 0.25) is 0 Å². The lowest BCUT2D eigenvalue weighted by Crippen LogP contribution is -2.35. The van der Waals surface area contributed by atoms with Crippen molar-refractivity contribution in [2.24, 2.45) is 17.8 Å². The number of benzene rings is 3. The number of hydrogen-bond donors (Lipinski definition) is 2. The third kappa shape index (κ3) is 3.14. The molecular formula is C29H30N2O. The Kier molecular flexibility index (Phi) is 4.60. The zero-order valence-electron chi connectivity index (χ0n) is 18.8. The molecule has 0 unspecified atom stereocenters. The van der Waals surface area contributed by atoms with Gasteiger partial charge in [-0.3, -0.25) is 4.79 Å². The molecule has 0 radical (unpaired) electrons. The SMILES string of the molecule is Cc1ccc(C)c(NC(=O)c2ccc3c(c2)[C@@H]2[C@H]4CC[C@@H](C4)[C@@H]2[C@H](c2ccccc2)N3)c1. The van der Waals surface area contributed by atoms with Crippen molar-refractivity contribution in [2.75, 3.05) is 10.6 Å². The van der Waals surface area contributed by atoms with Crippen LogP contribution in [0.15, 0.2) is 66.7 Å². The fraction of sp³-hybridized carbons (Fsp3) is 0.345. The van der Waals surface area contributed by atoms with Crippen LogP contribution in [0.1, 0.15) is 63.8 Å². The highest BCUT2D eigenvalue weighted by Crippen LogP contribution is 2.63. The molecule has 0 aromatic heterocycles. The first-order valence-electron chi connectivity index (χ1n) is 11.9. The van der Waals surface area contributed by atoms with Crippen molar-refractivity contribution in [1.82, 2.24) is 0 Å². The van der Waals surface area contributed by atoms with E-state index in [9.17, 15) is 4.79 Å². The van der Waals surface area contributed by atoms with Gasteiger partial charge in [0.05, 0.1) is 6.04 Å². The standard InChI is InChI=1S/C29H30N2O/c1-17-8-9-18(2)25(14-17)31-29(32)22-12-13-24-23(16-22)26-20-10-11-21(15-20)27(26)28(30-24)19-6-4-3-5-7-19/h3-9,12-14,16,20-21,26-28,30H,10-11,15H2,1-2H3,(H,31,32)/t20-,21-,26-,27-,28-/m0/s1. The van der Waals surface area contributed by atoms with E-state index in [1.165, 1.54) is 36.1 Å². The highest BCUT2D eigenvalue weighted by Gasteiger charge is 2.53. The average Bonchev–Trinajstić information content (AvgIpc) is 3.44. The van der Waals surface area contributed by atoms with Crippen molar-refractivity contribution in [3.8, 4) is 0 Å². The quantitative estimate of drug-likeness (QED) is 0.484. The number of fused-ring (bicyclic) bond motifs is 7. The Morgan fingerprint density at radius 2 is 1.75 bits per heavy atom. The number of anilines is 2. The molecule has 162 valence electrons. The lowest BCUT2D eigenvalue weighted by Gasteiger charge is -2.43. The molecule has 2 fully saturated rings. The molecule has 3 aromatic rings.